The standard InChI is InChI=1S/C11H10N2O2/c12-6-3-7-13-10(14)8-4-1-2-5-9(8)11(13)15/h1-6H,7,12H2. The van der Waals surface area contributed by atoms with Crippen molar-refractivity contribution < 1.29 is 9.59 Å². The van der Waals surface area contributed by atoms with Crippen molar-refractivity contribution in [2.75, 3.05) is 6.54 Å². The number of rotatable bonds is 2. The van der Waals surface area contributed by atoms with Crippen molar-refractivity contribution in [2.24, 2.45) is 5.73 Å². The van der Waals surface area contributed by atoms with Crippen LogP contribution < -0.4 is 5.73 Å². The number of fused-ring (bicyclic) bond motifs is 1. The van der Waals surface area contributed by atoms with Gasteiger partial charge >= 0.3 is 0 Å². The molecule has 0 unspecified atom stereocenters. The van der Waals surface area contributed by atoms with Crippen LogP contribution in [0.1, 0.15) is 20.7 Å². The van der Waals surface area contributed by atoms with Crippen LogP contribution in [0.25, 0.3) is 0 Å². The molecule has 0 saturated carbocycles. The highest BCUT2D eigenvalue weighted by atomic mass is 16.2. The number of hydrogen-bond acceptors (Lipinski definition) is 3. The maximum atomic E-state index is 11.7. The predicted octanol–water partition coefficient (Wildman–Crippen LogP) is 0.755. The van der Waals surface area contributed by atoms with Gasteiger partial charge in [-0.3, -0.25) is 14.5 Å². The van der Waals surface area contributed by atoms with Crippen LogP contribution in [-0.4, -0.2) is 23.3 Å². The Morgan fingerprint density at radius 2 is 1.67 bits per heavy atom. The third kappa shape index (κ3) is 1.40. The summed E-state index contributed by atoms with van der Waals surface area (Å²) >= 11 is 0. The molecule has 0 fully saturated rings. The fraction of sp³-hybridized carbons (Fsp3) is 0.0909. The SMILES string of the molecule is NC=CCN1C(=O)c2ccccc2C1=O. The molecule has 0 atom stereocenters. The molecule has 0 radical (unpaired) electrons. The van der Waals surface area contributed by atoms with Gasteiger partial charge in [-0.1, -0.05) is 12.1 Å². The maximum Gasteiger partial charge on any atom is 0.261 e. The van der Waals surface area contributed by atoms with E-state index in [1.807, 2.05) is 0 Å². The fourth-order valence-corrected chi connectivity index (χ4v) is 1.57. The maximum absolute atomic E-state index is 11.7. The Bertz CT molecular complexity index is 417. The molecule has 15 heavy (non-hydrogen) atoms. The minimum Gasteiger partial charge on any atom is -0.405 e. The van der Waals surface area contributed by atoms with Crippen LogP contribution in [-0.2, 0) is 0 Å². The smallest absolute Gasteiger partial charge is 0.261 e. The number of amides is 2. The van der Waals surface area contributed by atoms with Gasteiger partial charge < -0.3 is 5.73 Å². The number of carbonyl (C=O) groups is 2. The second-order valence-electron chi connectivity index (χ2n) is 3.19. The lowest BCUT2D eigenvalue weighted by Gasteiger charge is -2.09. The largest absolute Gasteiger partial charge is 0.405 e. The van der Waals surface area contributed by atoms with E-state index in [9.17, 15) is 9.59 Å². The number of benzene rings is 1. The summed E-state index contributed by atoms with van der Waals surface area (Å²) < 4.78 is 0. The molecular formula is C11H10N2O2. The Morgan fingerprint density at radius 1 is 1.13 bits per heavy atom. The zero-order valence-corrected chi connectivity index (χ0v) is 8.01. The summed E-state index contributed by atoms with van der Waals surface area (Å²) in [4.78, 5) is 24.7. The first-order chi connectivity index (χ1) is 7.25. The summed E-state index contributed by atoms with van der Waals surface area (Å²) in [5.41, 5.74) is 6.10. The molecule has 1 heterocycles. The Balaban J connectivity index is 2.37. The van der Waals surface area contributed by atoms with E-state index < -0.39 is 0 Å². The molecule has 76 valence electrons. The van der Waals surface area contributed by atoms with Crippen molar-refractivity contribution in [1.29, 1.82) is 0 Å². The summed E-state index contributed by atoms with van der Waals surface area (Å²) in [6.07, 6.45) is 2.89. The van der Waals surface area contributed by atoms with Crippen LogP contribution in [0.4, 0.5) is 0 Å². The summed E-state index contributed by atoms with van der Waals surface area (Å²) in [5.74, 6) is -0.512. The number of hydrogen-bond donors (Lipinski definition) is 1. The van der Waals surface area contributed by atoms with Gasteiger partial charge in [0.05, 0.1) is 11.1 Å². The number of nitrogens with zero attached hydrogens (tertiary/aromatic N) is 1. The molecular weight excluding hydrogens is 192 g/mol. The van der Waals surface area contributed by atoms with Crippen molar-refractivity contribution in [2.45, 2.75) is 0 Å². The normalized spacial score (nSPS) is 15.1. The van der Waals surface area contributed by atoms with Gasteiger partial charge in [-0.25, -0.2) is 0 Å². The van der Waals surface area contributed by atoms with Crippen molar-refractivity contribution in [1.82, 2.24) is 4.90 Å². The topological polar surface area (TPSA) is 63.4 Å². The van der Waals surface area contributed by atoms with E-state index in [0.717, 1.165) is 0 Å². The summed E-state index contributed by atoms with van der Waals surface area (Å²) in [6, 6.07) is 6.79. The van der Waals surface area contributed by atoms with Gasteiger partial charge in [-0.05, 0) is 24.4 Å². The van der Waals surface area contributed by atoms with E-state index >= 15 is 0 Å². The van der Waals surface area contributed by atoms with Crippen LogP contribution in [0, 0.1) is 0 Å². The summed E-state index contributed by atoms with van der Waals surface area (Å²) in [7, 11) is 0. The van der Waals surface area contributed by atoms with Crippen LogP contribution in [0.15, 0.2) is 36.5 Å². The monoisotopic (exact) mass is 202 g/mol. The second-order valence-corrected chi connectivity index (χ2v) is 3.19. The highest BCUT2D eigenvalue weighted by molar-refractivity contribution is 6.21. The van der Waals surface area contributed by atoms with Gasteiger partial charge in [0.1, 0.15) is 0 Å². The molecule has 0 aliphatic carbocycles. The van der Waals surface area contributed by atoms with Crippen molar-refractivity contribution >= 4 is 11.8 Å². The van der Waals surface area contributed by atoms with Gasteiger partial charge in [-0.15, -0.1) is 0 Å². The Labute approximate surface area is 87.0 Å². The summed E-state index contributed by atoms with van der Waals surface area (Å²) in [5, 5.41) is 0. The Hall–Kier alpha value is -2.10. The zero-order chi connectivity index (χ0) is 10.8. The molecule has 0 spiro atoms. The van der Waals surface area contributed by atoms with Crippen LogP contribution in [0.3, 0.4) is 0 Å². The molecule has 0 bridgehead atoms. The van der Waals surface area contributed by atoms with Gasteiger partial charge in [-0.2, -0.15) is 0 Å². The van der Waals surface area contributed by atoms with E-state index in [1.54, 1.807) is 30.3 Å². The third-order valence-electron chi connectivity index (χ3n) is 2.30. The van der Waals surface area contributed by atoms with Crippen LogP contribution in [0.2, 0.25) is 0 Å². The lowest BCUT2D eigenvalue weighted by molar-refractivity contribution is 0.0672. The molecule has 1 aromatic carbocycles. The molecule has 0 saturated heterocycles. The zero-order valence-electron chi connectivity index (χ0n) is 8.01. The van der Waals surface area contributed by atoms with Crippen molar-refractivity contribution in [3.63, 3.8) is 0 Å². The minimum atomic E-state index is -0.256. The minimum absolute atomic E-state index is 0.225. The van der Waals surface area contributed by atoms with Gasteiger partial charge in [0.25, 0.3) is 11.8 Å². The van der Waals surface area contributed by atoms with E-state index in [1.165, 1.54) is 11.1 Å². The molecule has 1 aromatic rings. The molecule has 1 aliphatic rings. The molecule has 2 amide bonds. The number of carbonyl (C=O) groups excluding carboxylic acids is 2. The Morgan fingerprint density at radius 3 is 2.13 bits per heavy atom. The van der Waals surface area contributed by atoms with E-state index in [2.05, 4.69) is 0 Å². The Kier molecular flexibility index (Phi) is 2.25. The molecule has 1 aliphatic heterocycles. The molecule has 4 nitrogen and oxygen atoms in total. The predicted molar refractivity (Wildman–Crippen MR) is 55.1 cm³/mol. The first-order valence-corrected chi connectivity index (χ1v) is 4.57. The first-order valence-electron chi connectivity index (χ1n) is 4.57. The van der Waals surface area contributed by atoms with Crippen LogP contribution in [0.5, 0.6) is 0 Å². The highest BCUT2D eigenvalue weighted by Crippen LogP contribution is 2.21. The van der Waals surface area contributed by atoms with Gasteiger partial charge in [0.2, 0.25) is 0 Å². The molecule has 4 heteroatoms. The lowest BCUT2D eigenvalue weighted by Crippen LogP contribution is -2.29. The number of nitrogens with two attached hydrogens (primary N) is 1. The van der Waals surface area contributed by atoms with E-state index in [-0.39, 0.29) is 18.4 Å². The van der Waals surface area contributed by atoms with Crippen molar-refractivity contribution in [3.05, 3.63) is 47.7 Å². The fourth-order valence-electron chi connectivity index (χ4n) is 1.57. The molecule has 2 N–H and O–H groups in total. The summed E-state index contributed by atoms with van der Waals surface area (Å²) in [6.45, 7) is 0.225. The van der Waals surface area contributed by atoms with E-state index in [4.69, 9.17) is 5.73 Å². The lowest BCUT2D eigenvalue weighted by atomic mass is 10.1. The molecule has 0 aromatic heterocycles. The van der Waals surface area contributed by atoms with Crippen LogP contribution >= 0.6 is 0 Å². The average molecular weight is 202 g/mol. The third-order valence-corrected chi connectivity index (χ3v) is 2.30. The second kappa shape index (κ2) is 3.57. The van der Waals surface area contributed by atoms with Gasteiger partial charge in [0.15, 0.2) is 0 Å². The number of imide groups is 1. The van der Waals surface area contributed by atoms with Crippen molar-refractivity contribution in [3.8, 4) is 0 Å². The molecule has 2 rings (SSSR count). The highest BCUT2D eigenvalue weighted by Gasteiger charge is 2.33. The first kappa shape index (κ1) is 9.45. The van der Waals surface area contributed by atoms with Gasteiger partial charge in [0, 0.05) is 6.54 Å². The van der Waals surface area contributed by atoms with E-state index in [0.29, 0.717) is 11.1 Å². The average Bonchev–Trinajstić information content (AvgIpc) is 2.51. The quantitative estimate of drug-likeness (QED) is 0.720.